The van der Waals surface area contributed by atoms with E-state index in [1.165, 1.54) is 0 Å². The number of carbonyl (C=O) groups is 1. The Labute approximate surface area is 111 Å². The molecule has 0 saturated carbocycles. The van der Waals surface area contributed by atoms with Gasteiger partial charge in [-0.05, 0) is 39.3 Å². The summed E-state index contributed by atoms with van der Waals surface area (Å²) >= 11 is 0. The van der Waals surface area contributed by atoms with E-state index in [2.05, 4.69) is 25.7 Å². The summed E-state index contributed by atoms with van der Waals surface area (Å²) in [4.78, 5) is 14.1. The number of carbonyl (C=O) groups excluding carboxylic acids is 1. The lowest BCUT2D eigenvalue weighted by molar-refractivity contribution is -0.125. The third-order valence-electron chi connectivity index (χ3n) is 4.08. The number of nitrogens with zero attached hydrogens (tertiary/aromatic N) is 1. The number of hydrogen-bond donors (Lipinski definition) is 1. The first-order chi connectivity index (χ1) is 8.55. The van der Waals surface area contributed by atoms with Crippen molar-refractivity contribution in [3.8, 4) is 0 Å². The maximum atomic E-state index is 11.7. The smallest absolute Gasteiger partial charge is 0.227 e. The second kappa shape index (κ2) is 6.74. The fourth-order valence-corrected chi connectivity index (χ4v) is 2.65. The van der Waals surface area contributed by atoms with Crippen LogP contribution in [0.25, 0.3) is 0 Å². The van der Waals surface area contributed by atoms with E-state index in [-0.39, 0.29) is 5.91 Å². The van der Waals surface area contributed by atoms with Gasteiger partial charge in [0.05, 0.1) is 5.41 Å². The molecule has 0 radical (unpaired) electrons. The van der Waals surface area contributed by atoms with Crippen LogP contribution in [0, 0.1) is 5.41 Å². The van der Waals surface area contributed by atoms with Gasteiger partial charge in [-0.15, -0.1) is 0 Å². The molecule has 0 spiro atoms. The molecule has 3 nitrogen and oxygen atoms in total. The molecule has 0 fully saturated rings. The lowest BCUT2D eigenvalue weighted by Crippen LogP contribution is -2.39. The van der Waals surface area contributed by atoms with Crippen LogP contribution < -0.4 is 5.73 Å². The number of amides is 1. The fraction of sp³-hybridized carbons (Fsp3) is 0.667. The van der Waals surface area contributed by atoms with Crippen LogP contribution in [0.4, 0.5) is 0 Å². The molecular formula is C15H26N2O. The molecule has 0 aliphatic heterocycles. The van der Waals surface area contributed by atoms with Gasteiger partial charge in [0.15, 0.2) is 0 Å². The summed E-state index contributed by atoms with van der Waals surface area (Å²) in [6.45, 7) is 8.68. The minimum atomic E-state index is -0.462. The number of primary amides is 1. The van der Waals surface area contributed by atoms with Gasteiger partial charge in [0.1, 0.15) is 0 Å². The van der Waals surface area contributed by atoms with E-state index in [1.54, 1.807) is 0 Å². The van der Waals surface area contributed by atoms with Crippen molar-refractivity contribution in [2.45, 2.75) is 46.1 Å². The summed E-state index contributed by atoms with van der Waals surface area (Å²) in [6, 6.07) is 0.496. The molecule has 0 bridgehead atoms. The van der Waals surface area contributed by atoms with Crippen LogP contribution in [-0.2, 0) is 4.79 Å². The van der Waals surface area contributed by atoms with Crippen molar-refractivity contribution in [1.82, 2.24) is 4.90 Å². The topological polar surface area (TPSA) is 46.3 Å². The van der Waals surface area contributed by atoms with Crippen LogP contribution in [0.1, 0.15) is 40.0 Å². The lowest BCUT2D eigenvalue weighted by Gasteiger charge is -2.32. The number of allylic oxidation sites excluding steroid dienone is 3. The molecule has 2 atom stereocenters. The number of nitrogens with two attached hydrogens (primary N) is 1. The van der Waals surface area contributed by atoms with Gasteiger partial charge in [0.2, 0.25) is 5.91 Å². The highest BCUT2D eigenvalue weighted by molar-refractivity contribution is 5.83. The van der Waals surface area contributed by atoms with Crippen LogP contribution in [0.3, 0.4) is 0 Å². The molecule has 1 rings (SSSR count). The van der Waals surface area contributed by atoms with Gasteiger partial charge in [-0.3, -0.25) is 4.79 Å². The zero-order valence-corrected chi connectivity index (χ0v) is 11.9. The van der Waals surface area contributed by atoms with Crippen LogP contribution in [0.15, 0.2) is 24.3 Å². The van der Waals surface area contributed by atoms with E-state index < -0.39 is 5.41 Å². The summed E-state index contributed by atoms with van der Waals surface area (Å²) in [5, 5.41) is 0. The summed E-state index contributed by atoms with van der Waals surface area (Å²) in [7, 11) is 0. The van der Waals surface area contributed by atoms with Crippen molar-refractivity contribution in [3.63, 3.8) is 0 Å². The first kappa shape index (κ1) is 15.0. The number of rotatable bonds is 7. The monoisotopic (exact) mass is 250 g/mol. The Morgan fingerprint density at radius 2 is 2.06 bits per heavy atom. The third-order valence-corrected chi connectivity index (χ3v) is 4.08. The molecule has 3 heteroatoms. The molecule has 2 unspecified atom stereocenters. The van der Waals surface area contributed by atoms with Gasteiger partial charge in [-0.1, -0.05) is 38.2 Å². The molecule has 0 aromatic carbocycles. The summed E-state index contributed by atoms with van der Waals surface area (Å²) in [6.07, 6.45) is 10.5. The predicted octanol–water partition coefficient (Wildman–Crippen LogP) is 2.48. The molecular weight excluding hydrogens is 224 g/mol. The van der Waals surface area contributed by atoms with Crippen molar-refractivity contribution < 1.29 is 4.79 Å². The van der Waals surface area contributed by atoms with Crippen LogP contribution in [0.2, 0.25) is 0 Å². The van der Waals surface area contributed by atoms with Gasteiger partial charge in [0.25, 0.3) is 0 Å². The number of hydrogen-bond acceptors (Lipinski definition) is 2. The quantitative estimate of drug-likeness (QED) is 0.754. The molecule has 0 aromatic rings. The molecule has 2 N–H and O–H groups in total. The summed E-state index contributed by atoms with van der Waals surface area (Å²) in [5.74, 6) is -0.199. The Morgan fingerprint density at radius 1 is 1.39 bits per heavy atom. The molecule has 1 amide bonds. The first-order valence-electron chi connectivity index (χ1n) is 6.94. The van der Waals surface area contributed by atoms with Crippen LogP contribution in [-0.4, -0.2) is 29.9 Å². The minimum absolute atomic E-state index is 0.199. The fourth-order valence-electron chi connectivity index (χ4n) is 2.65. The normalized spacial score (nSPS) is 24.4. The highest BCUT2D eigenvalue weighted by Gasteiger charge is 2.33. The zero-order valence-electron chi connectivity index (χ0n) is 11.9. The molecule has 0 aromatic heterocycles. The van der Waals surface area contributed by atoms with Gasteiger partial charge < -0.3 is 10.6 Å². The highest BCUT2D eigenvalue weighted by atomic mass is 16.1. The van der Waals surface area contributed by atoms with Gasteiger partial charge in [-0.2, -0.15) is 0 Å². The Kier molecular flexibility index (Phi) is 5.60. The van der Waals surface area contributed by atoms with Gasteiger partial charge in [0, 0.05) is 6.04 Å². The Morgan fingerprint density at radius 3 is 2.50 bits per heavy atom. The van der Waals surface area contributed by atoms with E-state index in [0.717, 1.165) is 32.4 Å². The van der Waals surface area contributed by atoms with E-state index in [1.807, 2.05) is 24.3 Å². The summed E-state index contributed by atoms with van der Waals surface area (Å²) in [5.41, 5.74) is 5.13. The van der Waals surface area contributed by atoms with Gasteiger partial charge >= 0.3 is 0 Å². The molecule has 102 valence electrons. The second-order valence-corrected chi connectivity index (χ2v) is 5.12. The lowest BCUT2D eigenvalue weighted by atomic mass is 9.76. The molecule has 1 aliphatic carbocycles. The zero-order chi connectivity index (χ0) is 13.6. The average molecular weight is 250 g/mol. The average Bonchev–Trinajstić information content (AvgIpc) is 2.38. The van der Waals surface area contributed by atoms with Crippen molar-refractivity contribution in [3.05, 3.63) is 24.3 Å². The largest absolute Gasteiger partial charge is 0.369 e. The predicted molar refractivity (Wildman–Crippen MR) is 76.1 cm³/mol. The van der Waals surface area contributed by atoms with E-state index in [0.29, 0.717) is 6.04 Å². The van der Waals surface area contributed by atoms with E-state index in [4.69, 9.17) is 5.73 Å². The SMILES string of the molecule is CCN(CC)C(C)CCC1(C(N)=O)C=CC=CC1. The van der Waals surface area contributed by atoms with E-state index >= 15 is 0 Å². The highest BCUT2D eigenvalue weighted by Crippen LogP contribution is 2.33. The Hall–Kier alpha value is -1.09. The standard InChI is InChI=1S/C15H26N2O/c1-4-17(5-2)13(3)9-12-15(14(16)18)10-7-6-8-11-15/h6-8,10,13H,4-5,9,11-12H2,1-3H3,(H2,16,18). The van der Waals surface area contributed by atoms with Crippen molar-refractivity contribution in [1.29, 1.82) is 0 Å². The van der Waals surface area contributed by atoms with Crippen molar-refractivity contribution >= 4 is 5.91 Å². The van der Waals surface area contributed by atoms with Crippen molar-refractivity contribution in [2.75, 3.05) is 13.1 Å². The minimum Gasteiger partial charge on any atom is -0.369 e. The maximum absolute atomic E-state index is 11.7. The molecule has 0 heterocycles. The van der Waals surface area contributed by atoms with E-state index in [9.17, 15) is 4.79 Å². The van der Waals surface area contributed by atoms with Crippen molar-refractivity contribution in [2.24, 2.45) is 11.1 Å². The Balaban J connectivity index is 2.61. The maximum Gasteiger partial charge on any atom is 0.227 e. The second-order valence-electron chi connectivity index (χ2n) is 5.12. The first-order valence-corrected chi connectivity index (χ1v) is 6.94. The Bertz CT molecular complexity index is 331. The van der Waals surface area contributed by atoms with Crippen LogP contribution >= 0.6 is 0 Å². The van der Waals surface area contributed by atoms with Crippen LogP contribution in [0.5, 0.6) is 0 Å². The summed E-state index contributed by atoms with van der Waals surface area (Å²) < 4.78 is 0. The molecule has 0 saturated heterocycles. The molecule has 1 aliphatic rings. The molecule has 18 heavy (non-hydrogen) atoms. The van der Waals surface area contributed by atoms with Gasteiger partial charge in [-0.25, -0.2) is 0 Å². The third kappa shape index (κ3) is 3.45.